The van der Waals surface area contributed by atoms with E-state index in [0.717, 1.165) is 20.8 Å². The Morgan fingerprint density at radius 3 is 2.77 bits per heavy atom. The van der Waals surface area contributed by atoms with Gasteiger partial charge in [-0.25, -0.2) is 0 Å². The molecule has 0 aliphatic heterocycles. The molecule has 1 amide bonds. The molecule has 0 saturated carbocycles. The Hall–Kier alpha value is -2.21. The van der Waals surface area contributed by atoms with Crippen LogP contribution in [0.25, 0.3) is 10.9 Å². The molecule has 22 heavy (non-hydrogen) atoms. The Morgan fingerprint density at radius 2 is 1.95 bits per heavy atom. The summed E-state index contributed by atoms with van der Waals surface area (Å²) in [4.78, 5) is 20.1. The highest BCUT2D eigenvalue weighted by molar-refractivity contribution is 9.10. The molecular formula is C16H12BBrN3O. The fourth-order valence-electron chi connectivity index (χ4n) is 2.38. The molecule has 3 rings (SSSR count). The van der Waals surface area contributed by atoms with Crippen molar-refractivity contribution in [3.05, 3.63) is 64.5 Å². The molecule has 0 aliphatic carbocycles. The maximum Gasteiger partial charge on any atom is 0.250 e. The average molecular weight is 353 g/mol. The fraction of sp³-hybridized carbons (Fsp3) is 0.0625. The van der Waals surface area contributed by atoms with Gasteiger partial charge in [0.05, 0.1) is 11.1 Å². The smallest absolute Gasteiger partial charge is 0.250 e. The lowest BCUT2D eigenvalue weighted by atomic mass is 9.64. The number of primary amides is 1. The SMILES string of the molecule is NC(=O)c1cccnc1C[B]c1cc(Br)cc2ncccc12. The summed E-state index contributed by atoms with van der Waals surface area (Å²) in [6.45, 7) is 0. The minimum atomic E-state index is -0.461. The first-order chi connectivity index (χ1) is 10.6. The van der Waals surface area contributed by atoms with Crippen molar-refractivity contribution < 1.29 is 4.79 Å². The van der Waals surface area contributed by atoms with Gasteiger partial charge in [0.2, 0.25) is 0 Å². The molecule has 6 heteroatoms. The number of hydrogen-bond donors (Lipinski definition) is 1. The van der Waals surface area contributed by atoms with E-state index in [1.165, 1.54) is 0 Å². The first kappa shape index (κ1) is 14.7. The van der Waals surface area contributed by atoms with Gasteiger partial charge in [-0.2, -0.15) is 0 Å². The average Bonchev–Trinajstić information content (AvgIpc) is 2.52. The van der Waals surface area contributed by atoms with Crippen LogP contribution in [0.1, 0.15) is 16.1 Å². The summed E-state index contributed by atoms with van der Waals surface area (Å²) in [6.07, 6.45) is 3.96. The molecule has 3 aromatic rings. The van der Waals surface area contributed by atoms with Crippen molar-refractivity contribution in [1.82, 2.24) is 9.97 Å². The molecule has 107 valence electrons. The molecule has 0 bridgehead atoms. The fourth-order valence-corrected chi connectivity index (χ4v) is 2.84. The third-order valence-corrected chi connectivity index (χ3v) is 3.85. The number of rotatable bonds is 4. The van der Waals surface area contributed by atoms with Gasteiger partial charge in [0.1, 0.15) is 0 Å². The molecule has 0 unspecified atom stereocenters. The summed E-state index contributed by atoms with van der Waals surface area (Å²) < 4.78 is 0.959. The first-order valence-corrected chi connectivity index (χ1v) is 7.55. The number of carbonyl (C=O) groups excluding carboxylic acids is 1. The molecular weight excluding hydrogens is 341 g/mol. The number of carbonyl (C=O) groups is 1. The number of hydrogen-bond acceptors (Lipinski definition) is 3. The van der Waals surface area contributed by atoms with Crippen LogP contribution in [0.3, 0.4) is 0 Å². The lowest BCUT2D eigenvalue weighted by molar-refractivity contribution is 0.0999. The van der Waals surface area contributed by atoms with Gasteiger partial charge >= 0.3 is 0 Å². The number of amides is 1. The van der Waals surface area contributed by atoms with E-state index in [2.05, 4.69) is 25.9 Å². The molecule has 1 radical (unpaired) electrons. The Kier molecular flexibility index (Phi) is 4.20. The van der Waals surface area contributed by atoms with Gasteiger partial charge in [0.15, 0.2) is 7.28 Å². The number of halogens is 1. The van der Waals surface area contributed by atoms with Gasteiger partial charge in [-0.15, -0.1) is 0 Å². The van der Waals surface area contributed by atoms with E-state index < -0.39 is 5.91 Å². The van der Waals surface area contributed by atoms with E-state index in [-0.39, 0.29) is 0 Å². The zero-order valence-electron chi connectivity index (χ0n) is 11.7. The highest BCUT2D eigenvalue weighted by atomic mass is 79.9. The number of aromatic nitrogens is 2. The molecule has 0 saturated heterocycles. The van der Waals surface area contributed by atoms with Crippen LogP contribution in [-0.4, -0.2) is 23.2 Å². The highest BCUT2D eigenvalue weighted by Crippen LogP contribution is 2.16. The molecule has 1 aromatic carbocycles. The summed E-state index contributed by atoms with van der Waals surface area (Å²) in [7, 11) is 2.03. The van der Waals surface area contributed by atoms with Gasteiger partial charge in [0, 0.05) is 22.6 Å². The van der Waals surface area contributed by atoms with Crippen LogP contribution in [-0.2, 0) is 6.32 Å². The third-order valence-electron chi connectivity index (χ3n) is 3.39. The largest absolute Gasteiger partial charge is 0.366 e. The lowest BCUT2D eigenvalue weighted by Gasteiger charge is -2.08. The number of pyridine rings is 2. The molecule has 0 aliphatic rings. The topological polar surface area (TPSA) is 68.9 Å². The normalized spacial score (nSPS) is 10.6. The van der Waals surface area contributed by atoms with Crippen LogP contribution in [0.4, 0.5) is 0 Å². The summed E-state index contributed by atoms with van der Waals surface area (Å²) in [6, 6.07) is 11.3. The summed E-state index contributed by atoms with van der Waals surface area (Å²) in [5, 5.41) is 1.06. The van der Waals surface area contributed by atoms with Gasteiger partial charge in [0.25, 0.3) is 5.91 Å². The van der Waals surface area contributed by atoms with Crippen LogP contribution in [0.2, 0.25) is 0 Å². The number of fused-ring (bicyclic) bond motifs is 1. The second-order valence-corrected chi connectivity index (χ2v) is 5.75. The summed E-state index contributed by atoms with van der Waals surface area (Å²) in [5.74, 6) is -0.461. The molecule has 0 atom stereocenters. The third kappa shape index (κ3) is 3.02. The zero-order chi connectivity index (χ0) is 15.5. The van der Waals surface area contributed by atoms with E-state index in [4.69, 9.17) is 5.73 Å². The Balaban J connectivity index is 1.93. The quantitative estimate of drug-likeness (QED) is 0.730. The van der Waals surface area contributed by atoms with Crippen molar-refractivity contribution in [2.24, 2.45) is 5.73 Å². The van der Waals surface area contributed by atoms with Crippen molar-refractivity contribution >= 4 is 45.5 Å². The zero-order valence-corrected chi connectivity index (χ0v) is 13.2. The van der Waals surface area contributed by atoms with Crippen molar-refractivity contribution in [3.8, 4) is 0 Å². The maximum atomic E-state index is 11.5. The van der Waals surface area contributed by atoms with Crippen molar-refractivity contribution in [2.45, 2.75) is 6.32 Å². The molecule has 2 aromatic heterocycles. The number of benzene rings is 1. The van der Waals surface area contributed by atoms with E-state index >= 15 is 0 Å². The van der Waals surface area contributed by atoms with Gasteiger partial charge in [-0.3, -0.25) is 14.8 Å². The highest BCUT2D eigenvalue weighted by Gasteiger charge is 2.11. The predicted molar refractivity (Wildman–Crippen MR) is 91.3 cm³/mol. The minimum Gasteiger partial charge on any atom is -0.366 e. The second-order valence-electron chi connectivity index (χ2n) is 4.84. The van der Waals surface area contributed by atoms with Crippen LogP contribution in [0.15, 0.2) is 53.3 Å². The van der Waals surface area contributed by atoms with E-state index in [9.17, 15) is 4.79 Å². The van der Waals surface area contributed by atoms with Crippen molar-refractivity contribution in [3.63, 3.8) is 0 Å². The minimum absolute atomic E-state index is 0.455. The molecule has 0 fully saturated rings. The van der Waals surface area contributed by atoms with Crippen molar-refractivity contribution in [2.75, 3.05) is 0 Å². The number of nitrogens with zero attached hydrogens (tertiary/aromatic N) is 2. The molecule has 0 spiro atoms. The standard InChI is InChI=1S/C16H12BBrN3O/c18-10-7-13(11-3-1-5-20-14(11)8-10)17-9-15-12(16(19)22)4-2-6-21-15/h1-8H,9H2,(H2,19,22). The van der Waals surface area contributed by atoms with Gasteiger partial charge in [-0.05, 0) is 36.0 Å². The van der Waals surface area contributed by atoms with E-state index in [1.807, 2.05) is 31.5 Å². The van der Waals surface area contributed by atoms with Crippen LogP contribution in [0.5, 0.6) is 0 Å². The lowest BCUT2D eigenvalue weighted by Crippen LogP contribution is -2.22. The second kappa shape index (κ2) is 6.28. The molecule has 2 N–H and O–H groups in total. The van der Waals surface area contributed by atoms with E-state index in [1.54, 1.807) is 24.5 Å². The molecule has 2 heterocycles. The van der Waals surface area contributed by atoms with Crippen LogP contribution < -0.4 is 11.2 Å². The molecule has 4 nitrogen and oxygen atoms in total. The summed E-state index contributed by atoms with van der Waals surface area (Å²) in [5.41, 5.74) is 8.47. The van der Waals surface area contributed by atoms with Crippen LogP contribution >= 0.6 is 15.9 Å². The first-order valence-electron chi connectivity index (χ1n) is 6.76. The Labute approximate surface area is 137 Å². The maximum absolute atomic E-state index is 11.5. The van der Waals surface area contributed by atoms with Crippen molar-refractivity contribution in [1.29, 1.82) is 0 Å². The van der Waals surface area contributed by atoms with Gasteiger partial charge in [-0.1, -0.05) is 33.5 Å². The number of nitrogens with two attached hydrogens (primary N) is 1. The Morgan fingerprint density at radius 1 is 1.18 bits per heavy atom. The van der Waals surface area contributed by atoms with Gasteiger partial charge < -0.3 is 5.73 Å². The monoisotopic (exact) mass is 352 g/mol. The Bertz CT molecular complexity index is 854. The predicted octanol–water partition coefficient (Wildman–Crippen LogP) is 2.02. The van der Waals surface area contributed by atoms with Crippen LogP contribution in [0, 0.1) is 0 Å². The summed E-state index contributed by atoms with van der Waals surface area (Å²) >= 11 is 3.50. The van der Waals surface area contributed by atoms with E-state index in [0.29, 0.717) is 17.6 Å².